The first-order valence-corrected chi connectivity index (χ1v) is 6.32. The third-order valence-electron chi connectivity index (χ3n) is 1.85. The molecule has 0 bridgehead atoms. The van der Waals surface area contributed by atoms with Crippen molar-refractivity contribution >= 4 is 17.6 Å². The van der Waals surface area contributed by atoms with Gasteiger partial charge in [-0.05, 0) is 24.6 Å². The number of hydrogen-bond acceptors (Lipinski definition) is 3. The molecule has 0 fully saturated rings. The summed E-state index contributed by atoms with van der Waals surface area (Å²) in [4.78, 5) is 4.25. The number of pyridine rings is 1. The van der Waals surface area contributed by atoms with Crippen LogP contribution < -0.4 is 5.32 Å². The van der Waals surface area contributed by atoms with Crippen LogP contribution >= 0.6 is 11.8 Å². The van der Waals surface area contributed by atoms with Crippen molar-refractivity contribution in [2.45, 2.75) is 38.2 Å². The zero-order chi connectivity index (χ0) is 11.3. The van der Waals surface area contributed by atoms with Gasteiger partial charge in [-0.1, -0.05) is 20.8 Å². The molecule has 0 unspecified atom stereocenters. The van der Waals surface area contributed by atoms with Gasteiger partial charge < -0.3 is 5.32 Å². The standard InChI is InChI=1S/C12H20N2S/c1-5-13-11-8-10(6-7-14-11)9-15-12(2,3)4/h6-8H,5,9H2,1-4H3,(H,13,14). The number of anilines is 1. The van der Waals surface area contributed by atoms with E-state index in [9.17, 15) is 0 Å². The summed E-state index contributed by atoms with van der Waals surface area (Å²) in [5, 5.41) is 3.22. The van der Waals surface area contributed by atoms with Crippen LogP contribution in [-0.2, 0) is 5.75 Å². The van der Waals surface area contributed by atoms with Gasteiger partial charge in [-0.3, -0.25) is 0 Å². The number of nitrogens with one attached hydrogen (secondary N) is 1. The van der Waals surface area contributed by atoms with Gasteiger partial charge in [0.2, 0.25) is 0 Å². The SMILES string of the molecule is CCNc1cc(CSC(C)(C)C)ccn1. The Morgan fingerprint density at radius 2 is 2.13 bits per heavy atom. The maximum atomic E-state index is 4.25. The summed E-state index contributed by atoms with van der Waals surface area (Å²) in [6.45, 7) is 9.72. The second kappa shape index (κ2) is 5.40. The van der Waals surface area contributed by atoms with Crippen molar-refractivity contribution in [3.63, 3.8) is 0 Å². The van der Waals surface area contributed by atoms with Crippen LogP contribution in [0.1, 0.15) is 33.3 Å². The molecule has 1 heterocycles. The van der Waals surface area contributed by atoms with Gasteiger partial charge in [0.05, 0.1) is 0 Å². The lowest BCUT2D eigenvalue weighted by atomic mass is 10.3. The molecule has 0 atom stereocenters. The number of nitrogens with zero attached hydrogens (tertiary/aromatic N) is 1. The molecule has 0 aliphatic carbocycles. The number of hydrogen-bond donors (Lipinski definition) is 1. The molecule has 0 aliphatic heterocycles. The minimum atomic E-state index is 0.321. The van der Waals surface area contributed by atoms with E-state index < -0.39 is 0 Å². The fraction of sp³-hybridized carbons (Fsp3) is 0.583. The first-order valence-electron chi connectivity index (χ1n) is 5.34. The first kappa shape index (κ1) is 12.4. The van der Waals surface area contributed by atoms with E-state index >= 15 is 0 Å². The lowest BCUT2D eigenvalue weighted by Crippen LogP contribution is -2.07. The van der Waals surface area contributed by atoms with Crippen molar-refractivity contribution < 1.29 is 0 Å². The summed E-state index contributed by atoms with van der Waals surface area (Å²) in [6.07, 6.45) is 1.87. The van der Waals surface area contributed by atoms with Crippen LogP contribution in [0.4, 0.5) is 5.82 Å². The zero-order valence-corrected chi connectivity index (χ0v) is 10.8. The van der Waals surface area contributed by atoms with E-state index in [1.54, 1.807) is 0 Å². The topological polar surface area (TPSA) is 24.9 Å². The molecule has 1 aromatic rings. The van der Waals surface area contributed by atoms with Crippen molar-refractivity contribution in [2.75, 3.05) is 11.9 Å². The quantitative estimate of drug-likeness (QED) is 0.846. The van der Waals surface area contributed by atoms with Crippen LogP contribution in [0.15, 0.2) is 18.3 Å². The van der Waals surface area contributed by atoms with Crippen molar-refractivity contribution in [1.82, 2.24) is 4.98 Å². The summed E-state index contributed by atoms with van der Waals surface area (Å²) in [5.41, 5.74) is 1.33. The molecule has 84 valence electrons. The Bertz CT molecular complexity index is 305. The highest BCUT2D eigenvalue weighted by Gasteiger charge is 2.10. The summed E-state index contributed by atoms with van der Waals surface area (Å²) in [6, 6.07) is 4.21. The van der Waals surface area contributed by atoms with Gasteiger partial charge in [0, 0.05) is 23.2 Å². The predicted octanol–water partition coefficient (Wildman–Crippen LogP) is 3.55. The van der Waals surface area contributed by atoms with Gasteiger partial charge in [-0.2, -0.15) is 11.8 Å². The Kier molecular flexibility index (Phi) is 4.45. The molecule has 1 N–H and O–H groups in total. The Balaban J connectivity index is 2.57. The van der Waals surface area contributed by atoms with E-state index in [1.807, 2.05) is 18.0 Å². The van der Waals surface area contributed by atoms with Crippen molar-refractivity contribution in [1.29, 1.82) is 0 Å². The van der Waals surface area contributed by atoms with E-state index in [1.165, 1.54) is 5.56 Å². The average Bonchev–Trinajstić information content (AvgIpc) is 2.15. The van der Waals surface area contributed by atoms with Crippen LogP contribution in [0, 0.1) is 0 Å². The largest absolute Gasteiger partial charge is 0.370 e. The summed E-state index contributed by atoms with van der Waals surface area (Å²) in [5.74, 6) is 2.02. The third-order valence-corrected chi connectivity index (χ3v) is 3.20. The Morgan fingerprint density at radius 1 is 1.40 bits per heavy atom. The Morgan fingerprint density at radius 3 is 2.73 bits per heavy atom. The van der Waals surface area contributed by atoms with E-state index in [4.69, 9.17) is 0 Å². The van der Waals surface area contributed by atoms with Crippen LogP contribution in [-0.4, -0.2) is 16.3 Å². The van der Waals surface area contributed by atoms with E-state index in [2.05, 4.69) is 50.1 Å². The Hall–Kier alpha value is -0.700. The summed E-state index contributed by atoms with van der Waals surface area (Å²) < 4.78 is 0.321. The maximum Gasteiger partial charge on any atom is 0.126 e. The smallest absolute Gasteiger partial charge is 0.126 e. The summed E-state index contributed by atoms with van der Waals surface area (Å²) >= 11 is 1.96. The second-order valence-electron chi connectivity index (χ2n) is 4.48. The molecular weight excluding hydrogens is 204 g/mol. The van der Waals surface area contributed by atoms with Crippen LogP contribution in [0.5, 0.6) is 0 Å². The fourth-order valence-electron chi connectivity index (χ4n) is 1.14. The van der Waals surface area contributed by atoms with Gasteiger partial charge in [-0.25, -0.2) is 4.98 Å². The minimum Gasteiger partial charge on any atom is -0.370 e. The van der Waals surface area contributed by atoms with Crippen LogP contribution in [0.25, 0.3) is 0 Å². The fourth-order valence-corrected chi connectivity index (χ4v) is 1.92. The highest BCUT2D eigenvalue weighted by Crippen LogP contribution is 2.27. The predicted molar refractivity (Wildman–Crippen MR) is 69.4 cm³/mol. The van der Waals surface area contributed by atoms with E-state index in [-0.39, 0.29) is 0 Å². The highest BCUT2D eigenvalue weighted by molar-refractivity contribution is 7.99. The van der Waals surface area contributed by atoms with Crippen molar-refractivity contribution in [3.8, 4) is 0 Å². The molecule has 0 spiro atoms. The van der Waals surface area contributed by atoms with Gasteiger partial charge in [0.1, 0.15) is 5.82 Å². The third kappa shape index (κ3) is 5.07. The molecule has 0 saturated carbocycles. The Labute approximate surface area is 96.9 Å². The highest BCUT2D eigenvalue weighted by atomic mass is 32.2. The molecule has 0 aromatic carbocycles. The molecule has 2 nitrogen and oxygen atoms in total. The minimum absolute atomic E-state index is 0.321. The molecule has 15 heavy (non-hydrogen) atoms. The lowest BCUT2D eigenvalue weighted by molar-refractivity contribution is 0.802. The normalized spacial score (nSPS) is 11.5. The van der Waals surface area contributed by atoms with E-state index in [0.717, 1.165) is 18.1 Å². The zero-order valence-electron chi connectivity index (χ0n) is 10.0. The van der Waals surface area contributed by atoms with Crippen LogP contribution in [0.2, 0.25) is 0 Å². The maximum absolute atomic E-state index is 4.25. The molecule has 0 amide bonds. The number of rotatable bonds is 4. The molecule has 0 saturated heterocycles. The second-order valence-corrected chi connectivity index (χ2v) is 6.28. The van der Waals surface area contributed by atoms with Gasteiger partial charge in [-0.15, -0.1) is 0 Å². The van der Waals surface area contributed by atoms with Crippen molar-refractivity contribution in [3.05, 3.63) is 23.9 Å². The molecule has 1 rings (SSSR count). The first-order chi connectivity index (χ1) is 7.01. The van der Waals surface area contributed by atoms with Crippen LogP contribution in [0.3, 0.4) is 0 Å². The molecular formula is C12H20N2S. The monoisotopic (exact) mass is 224 g/mol. The van der Waals surface area contributed by atoms with Gasteiger partial charge in [0.15, 0.2) is 0 Å². The van der Waals surface area contributed by atoms with Gasteiger partial charge >= 0.3 is 0 Å². The molecule has 0 aliphatic rings. The molecule has 0 radical (unpaired) electrons. The van der Waals surface area contributed by atoms with Crippen molar-refractivity contribution in [2.24, 2.45) is 0 Å². The van der Waals surface area contributed by atoms with Gasteiger partial charge in [0.25, 0.3) is 0 Å². The van der Waals surface area contributed by atoms with E-state index in [0.29, 0.717) is 4.75 Å². The average molecular weight is 224 g/mol. The summed E-state index contributed by atoms with van der Waals surface area (Å²) in [7, 11) is 0. The molecule has 1 aromatic heterocycles. The number of thioether (sulfide) groups is 1. The molecule has 3 heteroatoms. The lowest BCUT2D eigenvalue weighted by Gasteiger charge is -2.17. The number of aromatic nitrogens is 1.